The summed E-state index contributed by atoms with van der Waals surface area (Å²) in [7, 11) is -3.60. The number of rotatable bonds is 10. The molecule has 11 heteroatoms. The molecule has 0 bridgehead atoms. The van der Waals surface area contributed by atoms with Crippen molar-refractivity contribution in [3.8, 4) is 27.5 Å². The van der Waals surface area contributed by atoms with E-state index >= 15 is 4.39 Å². The van der Waals surface area contributed by atoms with Crippen LogP contribution in [0, 0.1) is 11.7 Å². The van der Waals surface area contributed by atoms with Crippen LogP contribution in [-0.4, -0.2) is 30.4 Å². The summed E-state index contributed by atoms with van der Waals surface area (Å²) in [4.78, 5) is 16.1. The second kappa shape index (κ2) is 11.8. The lowest BCUT2D eigenvalue weighted by atomic mass is 9.94. The third kappa shape index (κ3) is 6.27. The Labute approximate surface area is 259 Å². The largest absolute Gasteiger partial charge is 0.476 e. The third-order valence-electron chi connectivity index (χ3n) is 7.93. The summed E-state index contributed by atoms with van der Waals surface area (Å²) in [6.07, 6.45) is 3.32. The van der Waals surface area contributed by atoms with Gasteiger partial charge in [0.15, 0.2) is 5.69 Å². The molecule has 1 fully saturated rings. The van der Waals surface area contributed by atoms with Crippen molar-refractivity contribution in [3.63, 3.8) is 0 Å². The summed E-state index contributed by atoms with van der Waals surface area (Å²) in [5, 5.41) is 21.9. The first-order valence-corrected chi connectivity index (χ1v) is 16.8. The smallest absolute Gasteiger partial charge is 0.355 e. The SMILES string of the molecule is CC(C)c1ccc(-c2cc(-c3nn(-c4nc(C(=O)O)cs4)c(CC4CC4)c3Cc3ccc([S+](N)(=O)O)cc3)ccc2F)cc1. The molecule has 0 radical (unpaired) electrons. The van der Waals surface area contributed by atoms with Crippen LogP contribution in [-0.2, 0) is 27.5 Å². The summed E-state index contributed by atoms with van der Waals surface area (Å²) >= 11 is 1.20. The first-order chi connectivity index (χ1) is 21.0. The molecule has 1 aliphatic rings. The normalized spacial score (nSPS) is 14.6. The second-order valence-electron chi connectivity index (χ2n) is 11.5. The molecular formula is C33H32FN4O4S2+. The number of benzene rings is 3. The van der Waals surface area contributed by atoms with Gasteiger partial charge in [-0.3, -0.25) is 0 Å². The van der Waals surface area contributed by atoms with Crippen molar-refractivity contribution in [2.24, 2.45) is 11.1 Å². The van der Waals surface area contributed by atoms with Gasteiger partial charge in [-0.25, -0.2) is 18.9 Å². The second-order valence-corrected chi connectivity index (χ2v) is 14.0. The number of aromatic nitrogens is 3. The van der Waals surface area contributed by atoms with Gasteiger partial charge in [0.2, 0.25) is 10.0 Å². The van der Waals surface area contributed by atoms with E-state index in [4.69, 9.17) is 10.2 Å². The zero-order chi connectivity index (χ0) is 31.2. The molecule has 1 unspecified atom stereocenters. The lowest BCUT2D eigenvalue weighted by Crippen LogP contribution is -2.20. The van der Waals surface area contributed by atoms with Gasteiger partial charge in [0.25, 0.3) is 0 Å². The average molecular weight is 632 g/mol. The maximum absolute atomic E-state index is 15.3. The minimum atomic E-state index is -3.60. The molecule has 8 nitrogen and oxygen atoms in total. The highest BCUT2D eigenvalue weighted by Gasteiger charge is 2.30. The molecule has 1 atom stereocenters. The number of hydrogen-bond donors (Lipinski definition) is 3. The number of aromatic carboxylic acids is 1. The van der Waals surface area contributed by atoms with E-state index in [1.807, 2.05) is 24.3 Å². The van der Waals surface area contributed by atoms with Gasteiger partial charge in [-0.15, -0.1) is 16.5 Å². The fourth-order valence-electron chi connectivity index (χ4n) is 5.27. The fourth-order valence-corrected chi connectivity index (χ4v) is 6.57. The van der Waals surface area contributed by atoms with E-state index < -0.39 is 16.4 Å². The summed E-state index contributed by atoms with van der Waals surface area (Å²) in [5.74, 6) is -0.637. The van der Waals surface area contributed by atoms with Crippen molar-refractivity contribution < 1.29 is 23.1 Å². The van der Waals surface area contributed by atoms with Gasteiger partial charge in [0, 0.05) is 28.5 Å². The standard InChI is InChI=1S/C33H31FN4O4S2/c1-19(2)22-7-9-23(10-8-22)26-17-24(11-14-28(26)34)31-27(15-20-5-12-25(13-6-20)44(35,41)42)30(16-21-3-4-21)38(37-31)33-36-29(18-43-33)32(39)40/h5-14,17-19,21H,3-4,15-16H2,1-2H3,(H3-,35,39,40,41,42)/p+1. The van der Waals surface area contributed by atoms with Crippen LogP contribution in [0.25, 0.3) is 27.5 Å². The number of carboxylic acid groups (broad SMARTS) is 1. The van der Waals surface area contributed by atoms with E-state index in [0.717, 1.165) is 47.2 Å². The molecule has 226 valence electrons. The molecule has 3 aromatic carbocycles. The van der Waals surface area contributed by atoms with Crippen molar-refractivity contribution in [2.75, 3.05) is 0 Å². The highest BCUT2D eigenvalue weighted by molar-refractivity contribution is 7.95. The van der Waals surface area contributed by atoms with E-state index in [9.17, 15) is 18.7 Å². The number of halogens is 1. The number of carbonyl (C=O) groups is 1. The molecule has 0 amide bonds. The molecule has 4 N–H and O–H groups in total. The van der Waals surface area contributed by atoms with E-state index in [2.05, 4.69) is 18.8 Å². The lowest BCUT2D eigenvalue weighted by Gasteiger charge is -2.11. The van der Waals surface area contributed by atoms with E-state index in [0.29, 0.717) is 40.2 Å². The third-order valence-corrected chi connectivity index (χ3v) is 9.70. The number of hydrogen-bond acceptors (Lipinski definition) is 5. The predicted molar refractivity (Wildman–Crippen MR) is 170 cm³/mol. The number of nitrogens with two attached hydrogens (primary N) is 1. The highest BCUT2D eigenvalue weighted by atomic mass is 32.3. The van der Waals surface area contributed by atoms with Crippen LogP contribution < -0.4 is 5.14 Å². The maximum Gasteiger partial charge on any atom is 0.355 e. The minimum Gasteiger partial charge on any atom is -0.476 e. The average Bonchev–Trinajstić information content (AvgIpc) is 3.55. The Kier molecular flexibility index (Phi) is 8.06. The van der Waals surface area contributed by atoms with Gasteiger partial charge >= 0.3 is 16.4 Å². The molecular weight excluding hydrogens is 600 g/mol. The Balaban J connectivity index is 1.50. The van der Waals surface area contributed by atoms with Gasteiger partial charge in [-0.05, 0) is 82.3 Å². The Morgan fingerprint density at radius 3 is 2.36 bits per heavy atom. The van der Waals surface area contributed by atoms with Gasteiger partial charge < -0.3 is 5.11 Å². The van der Waals surface area contributed by atoms with Crippen LogP contribution in [0.15, 0.2) is 77.0 Å². The van der Waals surface area contributed by atoms with Crippen LogP contribution in [0.3, 0.4) is 0 Å². The van der Waals surface area contributed by atoms with Crippen LogP contribution in [0.4, 0.5) is 4.39 Å². The molecule has 1 saturated carbocycles. The van der Waals surface area contributed by atoms with Crippen molar-refractivity contribution in [1.29, 1.82) is 0 Å². The topological polar surface area (TPSA) is 131 Å². The van der Waals surface area contributed by atoms with Crippen molar-refractivity contribution in [1.82, 2.24) is 14.8 Å². The summed E-state index contributed by atoms with van der Waals surface area (Å²) in [6.45, 7) is 4.22. The molecule has 6 rings (SSSR count). The van der Waals surface area contributed by atoms with E-state index in [1.54, 1.807) is 41.1 Å². The Bertz CT molecular complexity index is 1890. The summed E-state index contributed by atoms with van der Waals surface area (Å²) < 4.78 is 38.7. The molecule has 44 heavy (non-hydrogen) atoms. The Morgan fingerprint density at radius 1 is 1.09 bits per heavy atom. The Hall–Kier alpha value is -4.03. The van der Waals surface area contributed by atoms with Gasteiger partial charge in [0.1, 0.15) is 5.82 Å². The molecule has 2 heterocycles. The number of nitrogens with zero attached hydrogens (tertiary/aromatic N) is 3. The van der Waals surface area contributed by atoms with Gasteiger partial charge in [-0.1, -0.05) is 50.2 Å². The molecule has 0 aliphatic heterocycles. The Morgan fingerprint density at radius 2 is 1.77 bits per heavy atom. The summed E-state index contributed by atoms with van der Waals surface area (Å²) in [6, 6.07) is 19.4. The molecule has 2 aromatic heterocycles. The van der Waals surface area contributed by atoms with Gasteiger partial charge in [-0.2, -0.15) is 9.65 Å². The molecule has 0 spiro atoms. The monoisotopic (exact) mass is 631 g/mol. The van der Waals surface area contributed by atoms with Crippen LogP contribution in [0.5, 0.6) is 0 Å². The van der Waals surface area contributed by atoms with E-state index in [-0.39, 0.29) is 16.4 Å². The van der Waals surface area contributed by atoms with Crippen LogP contribution >= 0.6 is 11.3 Å². The minimum absolute atomic E-state index is 0.0557. The van der Waals surface area contributed by atoms with Crippen LogP contribution in [0.2, 0.25) is 0 Å². The first-order valence-electron chi connectivity index (χ1n) is 14.3. The van der Waals surface area contributed by atoms with Crippen molar-refractivity contribution in [2.45, 2.75) is 50.3 Å². The summed E-state index contributed by atoms with van der Waals surface area (Å²) in [5.41, 5.74) is 6.36. The van der Waals surface area contributed by atoms with Crippen molar-refractivity contribution in [3.05, 3.63) is 106 Å². The van der Waals surface area contributed by atoms with E-state index in [1.165, 1.54) is 22.8 Å². The maximum atomic E-state index is 15.3. The first kappa shape index (κ1) is 30.0. The van der Waals surface area contributed by atoms with Gasteiger partial charge in [0.05, 0.1) is 11.4 Å². The number of thiazole rings is 1. The van der Waals surface area contributed by atoms with Crippen molar-refractivity contribution >= 4 is 27.7 Å². The molecule has 5 aromatic rings. The lowest BCUT2D eigenvalue weighted by molar-refractivity contribution is 0.0691. The quantitative estimate of drug-likeness (QED) is 0.138. The zero-order valence-electron chi connectivity index (χ0n) is 24.2. The predicted octanol–water partition coefficient (Wildman–Crippen LogP) is 7.37. The molecule has 1 aliphatic carbocycles. The molecule has 0 saturated heterocycles. The fraction of sp³-hybridized carbons (Fsp3) is 0.242. The number of carboxylic acids is 1. The highest BCUT2D eigenvalue weighted by Crippen LogP contribution is 2.39. The zero-order valence-corrected chi connectivity index (χ0v) is 25.9. The van der Waals surface area contributed by atoms with Crippen LogP contribution in [0.1, 0.15) is 65.5 Å².